The van der Waals surface area contributed by atoms with Gasteiger partial charge in [-0.1, -0.05) is 0 Å². The van der Waals surface area contributed by atoms with Crippen LogP contribution in [0.1, 0.15) is 10.4 Å². The van der Waals surface area contributed by atoms with E-state index in [0.29, 0.717) is 6.07 Å². The van der Waals surface area contributed by atoms with Crippen LogP contribution in [0.2, 0.25) is 0 Å². The van der Waals surface area contributed by atoms with Gasteiger partial charge in [0.25, 0.3) is 5.91 Å². The zero-order valence-corrected chi connectivity index (χ0v) is 10.4. The Labute approximate surface area is 112 Å². The van der Waals surface area contributed by atoms with Gasteiger partial charge in [-0.3, -0.25) is 4.79 Å². The molecule has 1 amide bonds. The highest BCUT2D eigenvalue weighted by Gasteiger charge is 2.15. The van der Waals surface area contributed by atoms with Crippen LogP contribution in [0.3, 0.4) is 0 Å². The van der Waals surface area contributed by atoms with E-state index in [1.54, 1.807) is 0 Å². The normalized spacial score (nSPS) is 10.2. The number of aromatic nitrogens is 1. The molecule has 0 aliphatic heterocycles. The van der Waals surface area contributed by atoms with Gasteiger partial charge in [0.1, 0.15) is 23.3 Å². The summed E-state index contributed by atoms with van der Waals surface area (Å²) in [7, 11) is 1.51. The SMILES string of the molecule is CNc1ncc(F)cc1C(=O)Nc1ccc(F)cc1F. The quantitative estimate of drug-likeness (QED) is 0.909. The zero-order chi connectivity index (χ0) is 14.7. The molecule has 1 aromatic heterocycles. The molecule has 0 bridgehead atoms. The van der Waals surface area contributed by atoms with Crippen molar-refractivity contribution in [1.82, 2.24) is 4.98 Å². The number of carbonyl (C=O) groups excluding carboxylic acids is 1. The summed E-state index contributed by atoms with van der Waals surface area (Å²) in [5, 5.41) is 4.85. The molecule has 1 heterocycles. The highest BCUT2D eigenvalue weighted by molar-refractivity contribution is 6.07. The van der Waals surface area contributed by atoms with Crippen molar-refractivity contribution in [2.24, 2.45) is 0 Å². The molecule has 0 saturated heterocycles. The molecule has 0 aliphatic rings. The number of hydrogen-bond acceptors (Lipinski definition) is 3. The van der Waals surface area contributed by atoms with Crippen molar-refractivity contribution in [1.29, 1.82) is 0 Å². The van der Waals surface area contributed by atoms with Crippen molar-refractivity contribution < 1.29 is 18.0 Å². The molecule has 4 nitrogen and oxygen atoms in total. The van der Waals surface area contributed by atoms with Crippen molar-refractivity contribution in [2.75, 3.05) is 17.7 Å². The molecule has 0 saturated carbocycles. The second-order valence-corrected chi connectivity index (χ2v) is 3.88. The first-order valence-electron chi connectivity index (χ1n) is 5.61. The Hall–Kier alpha value is -2.57. The Bertz CT molecular complexity index is 661. The maximum atomic E-state index is 13.4. The Kier molecular flexibility index (Phi) is 3.88. The van der Waals surface area contributed by atoms with E-state index in [1.807, 2.05) is 0 Å². The first-order chi connectivity index (χ1) is 9.51. The van der Waals surface area contributed by atoms with Crippen LogP contribution >= 0.6 is 0 Å². The average molecular weight is 281 g/mol. The molecule has 2 N–H and O–H groups in total. The van der Waals surface area contributed by atoms with Gasteiger partial charge in [-0.25, -0.2) is 18.2 Å². The van der Waals surface area contributed by atoms with E-state index in [-0.39, 0.29) is 17.1 Å². The monoisotopic (exact) mass is 281 g/mol. The van der Waals surface area contributed by atoms with Gasteiger partial charge in [0.15, 0.2) is 0 Å². The highest BCUT2D eigenvalue weighted by atomic mass is 19.1. The largest absolute Gasteiger partial charge is 0.372 e. The molecule has 0 spiro atoms. The number of benzene rings is 1. The van der Waals surface area contributed by atoms with Crippen LogP contribution in [0.4, 0.5) is 24.7 Å². The van der Waals surface area contributed by atoms with Crippen molar-refractivity contribution >= 4 is 17.4 Å². The maximum Gasteiger partial charge on any atom is 0.259 e. The van der Waals surface area contributed by atoms with Crippen molar-refractivity contribution in [3.63, 3.8) is 0 Å². The Morgan fingerprint density at radius 2 is 1.90 bits per heavy atom. The summed E-state index contributed by atoms with van der Waals surface area (Å²) in [6.07, 6.45) is 0.946. The van der Waals surface area contributed by atoms with Gasteiger partial charge >= 0.3 is 0 Å². The summed E-state index contributed by atoms with van der Waals surface area (Å²) < 4.78 is 39.3. The van der Waals surface area contributed by atoms with E-state index >= 15 is 0 Å². The first kappa shape index (κ1) is 13.9. The zero-order valence-electron chi connectivity index (χ0n) is 10.4. The van der Waals surface area contributed by atoms with Gasteiger partial charge in [-0.05, 0) is 18.2 Å². The molecule has 1 aromatic carbocycles. The van der Waals surface area contributed by atoms with E-state index in [9.17, 15) is 18.0 Å². The van der Waals surface area contributed by atoms with E-state index in [0.717, 1.165) is 24.4 Å². The average Bonchev–Trinajstić information content (AvgIpc) is 2.41. The van der Waals surface area contributed by atoms with Crippen LogP contribution < -0.4 is 10.6 Å². The molecule has 20 heavy (non-hydrogen) atoms. The summed E-state index contributed by atoms with van der Waals surface area (Å²) in [6.45, 7) is 0. The summed E-state index contributed by atoms with van der Waals surface area (Å²) in [4.78, 5) is 15.7. The number of nitrogens with zero attached hydrogens (tertiary/aromatic N) is 1. The van der Waals surface area contributed by atoms with Crippen LogP contribution in [0, 0.1) is 17.5 Å². The molecule has 0 fully saturated rings. The topological polar surface area (TPSA) is 54.0 Å². The minimum atomic E-state index is -0.922. The Morgan fingerprint density at radius 1 is 1.15 bits per heavy atom. The molecule has 104 valence electrons. The Morgan fingerprint density at radius 3 is 2.55 bits per heavy atom. The highest BCUT2D eigenvalue weighted by Crippen LogP contribution is 2.19. The van der Waals surface area contributed by atoms with Crippen molar-refractivity contribution in [2.45, 2.75) is 0 Å². The third kappa shape index (κ3) is 2.87. The van der Waals surface area contributed by atoms with Gasteiger partial charge in [0.05, 0.1) is 17.4 Å². The molecule has 0 radical (unpaired) electrons. The van der Waals surface area contributed by atoms with E-state index in [4.69, 9.17) is 0 Å². The molecule has 0 atom stereocenters. The molecular weight excluding hydrogens is 271 g/mol. The predicted octanol–water partition coefficient (Wildman–Crippen LogP) is 2.79. The summed E-state index contributed by atoms with van der Waals surface area (Å²) in [5.41, 5.74) is -0.293. The summed E-state index contributed by atoms with van der Waals surface area (Å²) in [6, 6.07) is 3.68. The fourth-order valence-electron chi connectivity index (χ4n) is 1.59. The molecule has 0 unspecified atom stereocenters. The predicted molar refractivity (Wildman–Crippen MR) is 68.1 cm³/mol. The summed E-state index contributed by atoms with van der Waals surface area (Å²) in [5.74, 6) is -3.00. The fourth-order valence-corrected chi connectivity index (χ4v) is 1.59. The standard InChI is InChI=1S/C13H10F3N3O/c1-17-12-9(4-8(15)6-18-12)13(20)19-11-3-2-7(14)5-10(11)16/h2-6H,1H3,(H,17,18)(H,19,20). The van der Waals surface area contributed by atoms with Gasteiger partial charge in [-0.15, -0.1) is 0 Å². The molecule has 0 aliphatic carbocycles. The fraction of sp³-hybridized carbons (Fsp3) is 0.0769. The lowest BCUT2D eigenvalue weighted by Gasteiger charge is -2.09. The van der Waals surface area contributed by atoms with Crippen LogP contribution in [-0.4, -0.2) is 17.9 Å². The second kappa shape index (κ2) is 5.60. The lowest BCUT2D eigenvalue weighted by atomic mass is 10.2. The van der Waals surface area contributed by atoms with Crippen LogP contribution in [0.15, 0.2) is 30.5 Å². The van der Waals surface area contributed by atoms with E-state index in [2.05, 4.69) is 15.6 Å². The van der Waals surface area contributed by atoms with E-state index in [1.165, 1.54) is 7.05 Å². The lowest BCUT2D eigenvalue weighted by molar-refractivity contribution is 0.102. The van der Waals surface area contributed by atoms with Crippen molar-refractivity contribution in [3.05, 3.63) is 53.5 Å². The minimum absolute atomic E-state index is 0.0868. The number of halogens is 3. The second-order valence-electron chi connectivity index (χ2n) is 3.88. The van der Waals surface area contributed by atoms with Crippen molar-refractivity contribution in [3.8, 4) is 0 Å². The number of nitrogens with one attached hydrogen (secondary N) is 2. The molecule has 7 heteroatoms. The number of amides is 1. The third-order valence-corrected chi connectivity index (χ3v) is 2.52. The summed E-state index contributed by atoms with van der Waals surface area (Å²) >= 11 is 0. The number of hydrogen-bond donors (Lipinski definition) is 2. The lowest BCUT2D eigenvalue weighted by Crippen LogP contribution is -2.16. The molecular formula is C13H10F3N3O. The van der Waals surface area contributed by atoms with Gasteiger partial charge in [0, 0.05) is 13.1 Å². The Balaban J connectivity index is 2.30. The van der Waals surface area contributed by atoms with Crippen LogP contribution in [0.5, 0.6) is 0 Å². The maximum absolute atomic E-state index is 13.4. The molecule has 2 rings (SSSR count). The van der Waals surface area contributed by atoms with Gasteiger partial charge < -0.3 is 10.6 Å². The number of carbonyl (C=O) groups is 1. The molecule has 2 aromatic rings. The van der Waals surface area contributed by atoms with Gasteiger partial charge in [-0.2, -0.15) is 0 Å². The number of pyridine rings is 1. The minimum Gasteiger partial charge on any atom is -0.372 e. The third-order valence-electron chi connectivity index (χ3n) is 2.52. The van der Waals surface area contributed by atoms with Gasteiger partial charge in [0.2, 0.25) is 0 Å². The van der Waals surface area contributed by atoms with Crippen LogP contribution in [0.25, 0.3) is 0 Å². The first-order valence-corrected chi connectivity index (χ1v) is 5.61. The van der Waals surface area contributed by atoms with Crippen LogP contribution in [-0.2, 0) is 0 Å². The number of rotatable bonds is 3. The smallest absolute Gasteiger partial charge is 0.259 e. The van der Waals surface area contributed by atoms with E-state index < -0.39 is 23.4 Å². The number of anilines is 2.